The highest BCUT2D eigenvalue weighted by molar-refractivity contribution is 7.98. The number of rotatable bonds is 4. The normalized spacial score (nSPS) is 10.2. The van der Waals surface area contributed by atoms with Gasteiger partial charge in [-0.3, -0.25) is 4.79 Å². The maximum Gasteiger partial charge on any atom is 0.224 e. The van der Waals surface area contributed by atoms with Gasteiger partial charge in [-0.15, -0.1) is 0 Å². The average molecular weight is 273 g/mol. The van der Waals surface area contributed by atoms with Gasteiger partial charge in [0.25, 0.3) is 0 Å². The number of amides is 1. The summed E-state index contributed by atoms with van der Waals surface area (Å²) in [7, 11) is 0. The second-order valence-corrected chi connectivity index (χ2v) is 4.71. The molecule has 0 radical (unpaired) electrons. The second kappa shape index (κ2) is 6.33. The van der Waals surface area contributed by atoms with Crippen molar-refractivity contribution in [3.05, 3.63) is 36.7 Å². The van der Waals surface area contributed by atoms with E-state index in [1.54, 1.807) is 12.4 Å². The van der Waals surface area contributed by atoms with Gasteiger partial charge in [0.2, 0.25) is 5.91 Å². The molecule has 0 fully saturated rings. The molecule has 4 nitrogen and oxygen atoms in total. The van der Waals surface area contributed by atoms with Gasteiger partial charge in [-0.1, -0.05) is 30.8 Å². The van der Waals surface area contributed by atoms with Crippen LogP contribution in [0.5, 0.6) is 0 Å². The molecule has 98 valence electrons. The number of anilines is 1. The molecule has 2 rings (SSSR count). The minimum absolute atomic E-state index is 0.00568. The first-order valence-electron chi connectivity index (χ1n) is 5.99. The van der Waals surface area contributed by atoms with Crippen LogP contribution in [0.1, 0.15) is 13.3 Å². The highest BCUT2D eigenvalue weighted by Crippen LogP contribution is 2.22. The Labute approximate surface area is 116 Å². The van der Waals surface area contributed by atoms with Crippen LogP contribution in [0.25, 0.3) is 11.1 Å². The fraction of sp³-hybridized carbons (Fsp3) is 0.214. The van der Waals surface area contributed by atoms with Gasteiger partial charge in [0.15, 0.2) is 5.16 Å². The van der Waals surface area contributed by atoms with E-state index in [0.29, 0.717) is 6.42 Å². The van der Waals surface area contributed by atoms with Crippen molar-refractivity contribution in [3.8, 4) is 11.1 Å². The molecule has 5 heteroatoms. The highest BCUT2D eigenvalue weighted by atomic mass is 32.2. The summed E-state index contributed by atoms with van der Waals surface area (Å²) in [6.45, 7) is 1.83. The number of hydrogen-bond donors (Lipinski definition) is 1. The van der Waals surface area contributed by atoms with Gasteiger partial charge in [0, 0.05) is 30.1 Å². The van der Waals surface area contributed by atoms with E-state index in [4.69, 9.17) is 0 Å². The second-order valence-electron chi connectivity index (χ2n) is 3.94. The van der Waals surface area contributed by atoms with Crippen LogP contribution in [0.3, 0.4) is 0 Å². The first-order valence-corrected chi connectivity index (χ1v) is 7.21. The van der Waals surface area contributed by atoms with E-state index >= 15 is 0 Å². The lowest BCUT2D eigenvalue weighted by atomic mass is 10.1. The number of thioether (sulfide) groups is 1. The molecule has 1 aromatic heterocycles. The van der Waals surface area contributed by atoms with Crippen molar-refractivity contribution in [3.63, 3.8) is 0 Å². The SMILES string of the molecule is CCC(=O)Nc1cccc(-c2cnc(SC)nc2)c1. The average Bonchev–Trinajstić information content (AvgIpc) is 2.47. The molecule has 0 saturated heterocycles. The molecule has 0 saturated carbocycles. The third-order valence-corrected chi connectivity index (χ3v) is 3.19. The topological polar surface area (TPSA) is 54.9 Å². The molecule has 1 N–H and O–H groups in total. The van der Waals surface area contributed by atoms with E-state index in [0.717, 1.165) is 22.0 Å². The van der Waals surface area contributed by atoms with E-state index < -0.39 is 0 Å². The maximum absolute atomic E-state index is 11.4. The van der Waals surface area contributed by atoms with Gasteiger partial charge in [-0.2, -0.15) is 0 Å². The quantitative estimate of drug-likeness (QED) is 0.686. The number of nitrogens with zero attached hydrogens (tertiary/aromatic N) is 2. The Kier molecular flexibility index (Phi) is 4.52. The smallest absolute Gasteiger partial charge is 0.224 e. The molecule has 0 spiro atoms. The maximum atomic E-state index is 11.4. The largest absolute Gasteiger partial charge is 0.326 e. The molecule has 1 heterocycles. The summed E-state index contributed by atoms with van der Waals surface area (Å²) in [4.78, 5) is 19.9. The molecule has 0 aliphatic rings. The summed E-state index contributed by atoms with van der Waals surface area (Å²) < 4.78 is 0. The molecule has 0 aliphatic carbocycles. The fourth-order valence-electron chi connectivity index (χ4n) is 1.60. The minimum Gasteiger partial charge on any atom is -0.326 e. The van der Waals surface area contributed by atoms with Gasteiger partial charge >= 0.3 is 0 Å². The predicted octanol–water partition coefficient (Wildman–Crippen LogP) is 3.21. The van der Waals surface area contributed by atoms with Crippen molar-refractivity contribution >= 4 is 23.4 Å². The molecule has 0 bridgehead atoms. The van der Waals surface area contributed by atoms with Crippen LogP contribution in [-0.2, 0) is 4.79 Å². The number of carbonyl (C=O) groups excluding carboxylic acids is 1. The van der Waals surface area contributed by atoms with Crippen molar-refractivity contribution < 1.29 is 4.79 Å². The standard InChI is InChI=1S/C14H15N3OS/c1-3-13(18)17-12-6-4-5-10(7-12)11-8-15-14(19-2)16-9-11/h4-9H,3H2,1-2H3,(H,17,18). The summed E-state index contributed by atoms with van der Waals surface area (Å²) in [6.07, 6.45) is 5.99. The van der Waals surface area contributed by atoms with Crippen LogP contribution in [0.4, 0.5) is 5.69 Å². The minimum atomic E-state index is 0.00568. The lowest BCUT2D eigenvalue weighted by Crippen LogP contribution is -2.09. The first kappa shape index (κ1) is 13.5. The Morgan fingerprint density at radius 1 is 1.26 bits per heavy atom. The van der Waals surface area contributed by atoms with E-state index in [1.165, 1.54) is 11.8 Å². The molecule has 2 aromatic rings. The third kappa shape index (κ3) is 3.54. The molecular weight excluding hydrogens is 258 g/mol. The summed E-state index contributed by atoms with van der Waals surface area (Å²) in [6, 6.07) is 7.67. The van der Waals surface area contributed by atoms with Crippen LogP contribution in [0.15, 0.2) is 41.8 Å². The summed E-state index contributed by atoms with van der Waals surface area (Å²) in [5.41, 5.74) is 2.71. The number of benzene rings is 1. The number of aromatic nitrogens is 2. The molecule has 0 aliphatic heterocycles. The zero-order valence-electron chi connectivity index (χ0n) is 10.9. The Hall–Kier alpha value is -1.88. The van der Waals surface area contributed by atoms with Crippen molar-refractivity contribution in [1.82, 2.24) is 9.97 Å². The van der Waals surface area contributed by atoms with E-state index in [1.807, 2.05) is 37.4 Å². The van der Waals surface area contributed by atoms with Gasteiger partial charge in [-0.25, -0.2) is 9.97 Å². The molecular formula is C14H15N3OS. The zero-order valence-corrected chi connectivity index (χ0v) is 11.7. The van der Waals surface area contributed by atoms with Crippen molar-refractivity contribution in [1.29, 1.82) is 0 Å². The summed E-state index contributed by atoms with van der Waals surface area (Å²) in [5, 5.41) is 3.59. The van der Waals surface area contributed by atoms with Gasteiger partial charge in [0.05, 0.1) is 0 Å². The molecule has 19 heavy (non-hydrogen) atoms. The molecule has 0 atom stereocenters. The number of hydrogen-bond acceptors (Lipinski definition) is 4. The van der Waals surface area contributed by atoms with E-state index in [-0.39, 0.29) is 5.91 Å². The molecule has 1 amide bonds. The summed E-state index contributed by atoms with van der Waals surface area (Å²) in [5.74, 6) is 0.00568. The van der Waals surface area contributed by atoms with Gasteiger partial charge in [0.1, 0.15) is 0 Å². The van der Waals surface area contributed by atoms with Crippen LogP contribution in [0.2, 0.25) is 0 Å². The van der Waals surface area contributed by atoms with Crippen molar-refractivity contribution in [2.45, 2.75) is 18.5 Å². The first-order chi connectivity index (χ1) is 9.22. The summed E-state index contributed by atoms with van der Waals surface area (Å²) >= 11 is 1.51. The predicted molar refractivity (Wildman–Crippen MR) is 78.2 cm³/mol. The molecule has 1 aromatic carbocycles. The number of carbonyl (C=O) groups is 1. The Bertz CT molecular complexity index is 569. The lowest BCUT2D eigenvalue weighted by molar-refractivity contribution is -0.115. The van der Waals surface area contributed by atoms with Crippen LogP contribution >= 0.6 is 11.8 Å². The van der Waals surface area contributed by atoms with Crippen LogP contribution in [-0.4, -0.2) is 22.1 Å². The zero-order chi connectivity index (χ0) is 13.7. The monoisotopic (exact) mass is 273 g/mol. The van der Waals surface area contributed by atoms with Crippen LogP contribution in [0, 0.1) is 0 Å². The van der Waals surface area contributed by atoms with Crippen LogP contribution < -0.4 is 5.32 Å². The number of nitrogens with one attached hydrogen (secondary N) is 1. The van der Waals surface area contributed by atoms with Crippen molar-refractivity contribution in [2.24, 2.45) is 0 Å². The Morgan fingerprint density at radius 3 is 2.63 bits per heavy atom. The van der Waals surface area contributed by atoms with E-state index in [2.05, 4.69) is 15.3 Å². The van der Waals surface area contributed by atoms with E-state index in [9.17, 15) is 4.79 Å². The highest BCUT2D eigenvalue weighted by Gasteiger charge is 2.03. The van der Waals surface area contributed by atoms with Crippen molar-refractivity contribution in [2.75, 3.05) is 11.6 Å². The van der Waals surface area contributed by atoms with Gasteiger partial charge in [-0.05, 0) is 24.0 Å². The Morgan fingerprint density at radius 2 is 2.00 bits per heavy atom. The lowest BCUT2D eigenvalue weighted by Gasteiger charge is -2.06. The Balaban J connectivity index is 2.24. The fourth-order valence-corrected chi connectivity index (χ4v) is 1.91. The third-order valence-electron chi connectivity index (χ3n) is 2.61. The molecule has 0 unspecified atom stereocenters. The van der Waals surface area contributed by atoms with Gasteiger partial charge < -0.3 is 5.32 Å².